The molecule has 0 aliphatic carbocycles. The van der Waals surface area contributed by atoms with Crippen molar-refractivity contribution in [2.24, 2.45) is 5.92 Å². The highest BCUT2D eigenvalue weighted by atomic mass is 15.1. The Labute approximate surface area is 106 Å². The van der Waals surface area contributed by atoms with Crippen LogP contribution in [0.2, 0.25) is 0 Å². The van der Waals surface area contributed by atoms with Crippen molar-refractivity contribution in [1.29, 1.82) is 0 Å². The van der Waals surface area contributed by atoms with Gasteiger partial charge in [-0.2, -0.15) is 0 Å². The topological polar surface area (TPSA) is 3.24 Å². The van der Waals surface area contributed by atoms with Gasteiger partial charge in [0.2, 0.25) is 0 Å². The summed E-state index contributed by atoms with van der Waals surface area (Å²) in [6, 6.07) is 0.796. The van der Waals surface area contributed by atoms with Gasteiger partial charge in [-0.25, -0.2) is 0 Å². The first-order valence-electron chi connectivity index (χ1n) is 7.24. The van der Waals surface area contributed by atoms with Crippen LogP contribution in [0.4, 0.5) is 0 Å². The lowest BCUT2D eigenvalue weighted by Crippen LogP contribution is -2.29. The van der Waals surface area contributed by atoms with Gasteiger partial charge in [-0.05, 0) is 32.9 Å². The minimum atomic E-state index is 0.796. The van der Waals surface area contributed by atoms with Gasteiger partial charge < -0.3 is 4.90 Å². The van der Waals surface area contributed by atoms with E-state index in [1.54, 1.807) is 0 Å². The van der Waals surface area contributed by atoms with Gasteiger partial charge >= 0.3 is 0 Å². The highest BCUT2D eigenvalue weighted by Crippen LogP contribution is 2.14. The van der Waals surface area contributed by atoms with Crippen molar-refractivity contribution in [3.8, 4) is 0 Å². The molecule has 0 aliphatic heterocycles. The smallest absolute Gasteiger partial charge is 0.00916 e. The fraction of sp³-hybridized carbons (Fsp3) is 1.00. The van der Waals surface area contributed by atoms with Crippen LogP contribution in [0.3, 0.4) is 0 Å². The van der Waals surface area contributed by atoms with Gasteiger partial charge in [0, 0.05) is 6.04 Å². The first-order chi connectivity index (χ1) is 7.57. The van der Waals surface area contributed by atoms with Crippen LogP contribution in [-0.4, -0.2) is 25.0 Å². The Balaban J connectivity index is -0.000000376. The zero-order valence-electron chi connectivity index (χ0n) is 13.4. The molecule has 0 aromatic rings. The van der Waals surface area contributed by atoms with Crippen LogP contribution in [0.15, 0.2) is 0 Å². The summed E-state index contributed by atoms with van der Waals surface area (Å²) in [5, 5.41) is 0. The molecule has 0 aromatic heterocycles. The van der Waals surface area contributed by atoms with E-state index < -0.39 is 0 Å². The second-order valence-electron chi connectivity index (χ2n) is 4.39. The van der Waals surface area contributed by atoms with Crippen LogP contribution in [-0.2, 0) is 0 Å². The van der Waals surface area contributed by atoms with Gasteiger partial charge in [-0.3, -0.25) is 0 Å². The number of rotatable bonds is 6. The van der Waals surface area contributed by atoms with E-state index in [-0.39, 0.29) is 0 Å². The summed E-state index contributed by atoms with van der Waals surface area (Å²) in [5.74, 6) is 0.828. The normalized spacial score (nSPS) is 11.4. The number of unbranched alkanes of at least 4 members (excludes halogenated alkanes) is 1. The molecule has 0 saturated carbocycles. The maximum atomic E-state index is 2.37. The standard InChI is InChI=1S/C11H25N.2C2H6/c1-6-7-8-11(12(4)5)9-10(2)3;2*1-2/h10-11H,6-9H2,1-5H3;2*1-2H3. The van der Waals surface area contributed by atoms with Crippen LogP contribution in [0.1, 0.15) is 74.1 Å². The highest BCUT2D eigenvalue weighted by molar-refractivity contribution is 4.67. The number of nitrogens with zero attached hydrogens (tertiary/aromatic N) is 1. The Morgan fingerprint density at radius 2 is 1.38 bits per heavy atom. The summed E-state index contributed by atoms with van der Waals surface area (Å²) in [6.45, 7) is 14.9. The molecule has 1 heteroatoms. The van der Waals surface area contributed by atoms with E-state index >= 15 is 0 Å². The maximum Gasteiger partial charge on any atom is 0.00916 e. The first kappa shape index (κ1) is 21.3. The SMILES string of the molecule is CC.CC.CCCCC(CC(C)C)N(C)C. The third-order valence-electron chi connectivity index (χ3n) is 2.36. The Morgan fingerprint density at radius 1 is 0.938 bits per heavy atom. The van der Waals surface area contributed by atoms with Crippen molar-refractivity contribution in [2.75, 3.05) is 14.1 Å². The maximum absolute atomic E-state index is 2.37. The van der Waals surface area contributed by atoms with Crippen LogP contribution < -0.4 is 0 Å². The number of hydrogen-bond acceptors (Lipinski definition) is 1. The molecule has 1 nitrogen and oxygen atoms in total. The third kappa shape index (κ3) is 16.4. The Kier molecular flexibility index (Phi) is 23.1. The van der Waals surface area contributed by atoms with E-state index in [0.717, 1.165) is 12.0 Å². The Hall–Kier alpha value is -0.0400. The molecule has 0 heterocycles. The molecular weight excluding hydrogens is 194 g/mol. The number of hydrogen-bond donors (Lipinski definition) is 0. The molecule has 0 aliphatic rings. The van der Waals surface area contributed by atoms with Gasteiger partial charge in [0.15, 0.2) is 0 Å². The largest absolute Gasteiger partial charge is 0.306 e. The molecule has 0 spiro atoms. The predicted octanol–water partition coefficient (Wildman–Crippen LogP) is 5.21. The van der Waals surface area contributed by atoms with Crippen molar-refractivity contribution in [3.63, 3.8) is 0 Å². The molecule has 0 radical (unpaired) electrons. The van der Waals surface area contributed by atoms with Crippen LogP contribution >= 0.6 is 0 Å². The lowest BCUT2D eigenvalue weighted by Gasteiger charge is -2.25. The monoisotopic (exact) mass is 231 g/mol. The highest BCUT2D eigenvalue weighted by Gasteiger charge is 2.11. The minimum Gasteiger partial charge on any atom is -0.306 e. The van der Waals surface area contributed by atoms with E-state index in [1.807, 2.05) is 27.7 Å². The van der Waals surface area contributed by atoms with Crippen LogP contribution in [0, 0.1) is 5.92 Å². The van der Waals surface area contributed by atoms with Gasteiger partial charge in [0.05, 0.1) is 0 Å². The molecule has 0 amide bonds. The average Bonchev–Trinajstić information content (AvgIpc) is 2.29. The summed E-state index contributed by atoms with van der Waals surface area (Å²) in [7, 11) is 4.39. The van der Waals surface area contributed by atoms with Crippen molar-refractivity contribution >= 4 is 0 Å². The van der Waals surface area contributed by atoms with Gasteiger partial charge in [-0.1, -0.05) is 61.3 Å². The summed E-state index contributed by atoms with van der Waals surface area (Å²) >= 11 is 0. The quantitative estimate of drug-likeness (QED) is 0.607. The van der Waals surface area contributed by atoms with Gasteiger partial charge in [-0.15, -0.1) is 0 Å². The minimum absolute atomic E-state index is 0.796. The molecule has 0 saturated heterocycles. The van der Waals surface area contributed by atoms with E-state index in [0.29, 0.717) is 0 Å². The van der Waals surface area contributed by atoms with E-state index in [9.17, 15) is 0 Å². The van der Waals surface area contributed by atoms with Gasteiger partial charge in [0.1, 0.15) is 0 Å². The van der Waals surface area contributed by atoms with Gasteiger partial charge in [0.25, 0.3) is 0 Å². The van der Waals surface area contributed by atoms with Crippen molar-refractivity contribution in [1.82, 2.24) is 4.90 Å². The summed E-state index contributed by atoms with van der Waals surface area (Å²) in [5.41, 5.74) is 0. The molecule has 102 valence electrons. The molecule has 0 N–H and O–H groups in total. The van der Waals surface area contributed by atoms with E-state index in [1.165, 1.54) is 25.7 Å². The van der Waals surface area contributed by atoms with Crippen molar-refractivity contribution < 1.29 is 0 Å². The lowest BCUT2D eigenvalue weighted by atomic mass is 9.98. The fourth-order valence-corrected chi connectivity index (χ4v) is 1.57. The predicted molar refractivity (Wildman–Crippen MR) is 79.2 cm³/mol. The summed E-state index contributed by atoms with van der Waals surface area (Å²) < 4.78 is 0. The molecular formula is C15H37N. The van der Waals surface area contributed by atoms with Crippen molar-refractivity contribution in [2.45, 2.75) is 80.2 Å². The molecule has 16 heavy (non-hydrogen) atoms. The third-order valence-corrected chi connectivity index (χ3v) is 2.36. The average molecular weight is 231 g/mol. The molecule has 0 rings (SSSR count). The molecule has 1 atom stereocenters. The molecule has 0 fully saturated rings. The van der Waals surface area contributed by atoms with Crippen molar-refractivity contribution in [3.05, 3.63) is 0 Å². The lowest BCUT2D eigenvalue weighted by molar-refractivity contribution is 0.237. The second-order valence-corrected chi connectivity index (χ2v) is 4.39. The fourth-order valence-electron chi connectivity index (χ4n) is 1.57. The summed E-state index contributed by atoms with van der Waals surface area (Å²) in [6.07, 6.45) is 5.40. The first-order valence-corrected chi connectivity index (χ1v) is 7.24. The van der Waals surface area contributed by atoms with Crippen LogP contribution in [0.5, 0.6) is 0 Å². The van der Waals surface area contributed by atoms with Crippen LogP contribution in [0.25, 0.3) is 0 Å². The Bertz CT molecular complexity index is 97.6. The van der Waals surface area contributed by atoms with E-state index in [4.69, 9.17) is 0 Å². The molecule has 0 aromatic carbocycles. The molecule has 1 unspecified atom stereocenters. The zero-order valence-corrected chi connectivity index (χ0v) is 13.4. The molecule has 0 bridgehead atoms. The Morgan fingerprint density at radius 3 is 1.62 bits per heavy atom. The summed E-state index contributed by atoms with van der Waals surface area (Å²) in [4.78, 5) is 2.37. The second kappa shape index (κ2) is 17.4. The van der Waals surface area contributed by atoms with E-state index in [2.05, 4.69) is 39.8 Å². The zero-order chi connectivity index (χ0) is 13.6.